The van der Waals surface area contributed by atoms with Crippen LogP contribution in [0.4, 0.5) is 4.39 Å². The van der Waals surface area contributed by atoms with Crippen LogP contribution in [0, 0.1) is 17.8 Å². The van der Waals surface area contributed by atoms with Crippen molar-refractivity contribution >= 4 is 26.3 Å². The minimum Gasteiger partial charge on any atom is -0.393 e. The van der Waals surface area contributed by atoms with Gasteiger partial charge in [0.05, 0.1) is 37.3 Å². The van der Waals surface area contributed by atoms with Crippen LogP contribution >= 0.6 is 14.5 Å². The molecule has 5 rings (SSSR count). The van der Waals surface area contributed by atoms with E-state index in [0.29, 0.717) is 12.8 Å². The van der Waals surface area contributed by atoms with Gasteiger partial charge in [-0.1, -0.05) is 0 Å². The predicted octanol–water partition coefficient (Wildman–Crippen LogP) is -2.70. The molecule has 2 saturated carbocycles. The normalized spacial score (nSPS) is 42.5. The maximum Gasteiger partial charge on any atom is 0.481 e. The number of hydrogen-bond donors (Lipinski definition) is 8. The lowest BCUT2D eigenvalue weighted by atomic mass is 9.87. The van der Waals surface area contributed by atoms with Gasteiger partial charge < -0.3 is 54.1 Å². The molecule has 2 saturated heterocycles. The van der Waals surface area contributed by atoms with Gasteiger partial charge in [-0.15, -0.1) is 0 Å². The zero-order valence-corrected chi connectivity index (χ0v) is 24.8. The Morgan fingerprint density at radius 3 is 2.51 bits per heavy atom. The van der Waals surface area contributed by atoms with Gasteiger partial charge >= 0.3 is 20.2 Å². The number of methoxy groups -OCH3 is 1. The molecule has 8 N–H and O–H groups in total. The van der Waals surface area contributed by atoms with Crippen LogP contribution in [0.1, 0.15) is 19.1 Å². The maximum atomic E-state index is 14.1. The van der Waals surface area contributed by atoms with Crippen molar-refractivity contribution in [3.63, 3.8) is 0 Å². The Balaban J connectivity index is 1.25. The molecule has 0 amide bonds. The summed E-state index contributed by atoms with van der Waals surface area (Å²) in [5.41, 5.74) is -3.01. The van der Waals surface area contributed by atoms with E-state index in [0.717, 1.165) is 16.8 Å². The first-order chi connectivity index (χ1) is 20.0. The van der Waals surface area contributed by atoms with E-state index in [2.05, 4.69) is 9.29 Å². The number of alkyl halides is 1. The summed E-state index contributed by atoms with van der Waals surface area (Å²) >= 11 is 4.79. The van der Waals surface area contributed by atoms with Gasteiger partial charge in [0.25, 0.3) is 5.56 Å². The van der Waals surface area contributed by atoms with Gasteiger partial charge in [0.2, 0.25) is 0 Å². The standard InChI is InChI=1S/C21H31FN2O16P2S/c1-35-20(8-2-3-8)16(29)10(37-18(20)24-5-4-11(26)23-19(24)30)7-36-42(34,43)40-41(32,33)39-17-13-15(28)14(27)12(9(22)6-25)21(13,31)38-17/h4-5,8-10,12-18,25,27-29,31H,2-3,6-7H2,1H3,(H,32,33)(H,34,43)(H,23,26,30)/t9-,10+,12?,13?,14?,15?,16+,17?,18+,20+,21?,42?/m0/s1. The van der Waals surface area contributed by atoms with E-state index in [1.165, 1.54) is 7.11 Å². The minimum atomic E-state index is -5.40. The smallest absolute Gasteiger partial charge is 0.393 e. The summed E-state index contributed by atoms with van der Waals surface area (Å²) < 4.78 is 58.8. The number of phosphoric acid groups is 1. The average Bonchev–Trinajstić information content (AvgIpc) is 3.68. The van der Waals surface area contributed by atoms with Crippen molar-refractivity contribution < 1.29 is 71.8 Å². The summed E-state index contributed by atoms with van der Waals surface area (Å²) in [5.74, 6) is -6.29. The Bertz CT molecular complexity index is 1430. The third kappa shape index (κ3) is 5.76. The summed E-state index contributed by atoms with van der Waals surface area (Å²) in [6.45, 7) is -6.55. The van der Waals surface area contributed by atoms with E-state index >= 15 is 0 Å². The van der Waals surface area contributed by atoms with Crippen LogP contribution in [0.5, 0.6) is 0 Å². The van der Waals surface area contributed by atoms with Gasteiger partial charge in [-0.3, -0.25) is 18.9 Å². The number of nitrogens with one attached hydrogen (secondary N) is 1. The van der Waals surface area contributed by atoms with Crippen LogP contribution in [-0.4, -0.2) is 113 Å². The molecule has 4 fully saturated rings. The number of phosphoric ester groups is 1. The molecule has 244 valence electrons. The highest BCUT2D eigenvalue weighted by Crippen LogP contribution is 2.65. The molecule has 0 radical (unpaired) electrons. The number of aliphatic hydroxyl groups excluding tert-OH is 4. The van der Waals surface area contributed by atoms with Gasteiger partial charge in [-0.2, -0.15) is 0 Å². The lowest BCUT2D eigenvalue weighted by molar-refractivity contribution is -0.426. The first kappa shape index (κ1) is 33.3. The Labute approximate surface area is 246 Å². The molecular weight excluding hydrogens is 649 g/mol. The van der Waals surface area contributed by atoms with Crippen molar-refractivity contribution in [2.24, 2.45) is 17.8 Å². The zero-order chi connectivity index (χ0) is 31.7. The van der Waals surface area contributed by atoms with Crippen molar-refractivity contribution in [3.05, 3.63) is 33.1 Å². The molecule has 3 heterocycles. The molecular formula is C21H31FN2O16P2S. The van der Waals surface area contributed by atoms with Gasteiger partial charge in [-0.05, 0) is 30.6 Å². The lowest BCUT2D eigenvalue weighted by Gasteiger charge is -2.49. The summed E-state index contributed by atoms with van der Waals surface area (Å²) in [5, 5.41) is 51.2. The fourth-order valence-corrected chi connectivity index (χ4v) is 9.26. The van der Waals surface area contributed by atoms with Crippen molar-refractivity contribution in [1.29, 1.82) is 0 Å². The second kappa shape index (κ2) is 11.6. The molecule has 2 aliphatic carbocycles. The highest BCUT2D eigenvalue weighted by atomic mass is 32.5. The Hall–Kier alpha value is -1.03. The second-order valence-corrected chi connectivity index (χ2v) is 15.1. The Kier molecular flexibility index (Phi) is 9.03. The summed E-state index contributed by atoms with van der Waals surface area (Å²) in [7, 11) is -4.11. The molecule has 1 aromatic rings. The minimum absolute atomic E-state index is 0.268. The number of rotatable bonds is 12. The van der Waals surface area contributed by atoms with Crippen molar-refractivity contribution in [2.75, 3.05) is 20.3 Å². The predicted molar refractivity (Wildman–Crippen MR) is 139 cm³/mol. The molecule has 22 heteroatoms. The number of H-pyrrole nitrogens is 1. The molecule has 18 nitrogen and oxygen atoms in total. The summed E-state index contributed by atoms with van der Waals surface area (Å²) in [4.78, 5) is 46.8. The summed E-state index contributed by atoms with van der Waals surface area (Å²) in [6.07, 6.45) is -9.69. The van der Waals surface area contributed by atoms with Crippen molar-refractivity contribution in [3.8, 4) is 0 Å². The summed E-state index contributed by atoms with van der Waals surface area (Å²) in [6, 6.07) is 1.06. The Morgan fingerprint density at radius 1 is 1.26 bits per heavy atom. The van der Waals surface area contributed by atoms with Crippen LogP contribution in [0.3, 0.4) is 0 Å². The molecule has 8 unspecified atom stereocenters. The fourth-order valence-electron chi connectivity index (χ4n) is 6.16. The maximum absolute atomic E-state index is 14.1. The monoisotopic (exact) mass is 680 g/mol. The van der Waals surface area contributed by atoms with Crippen LogP contribution in [0.25, 0.3) is 0 Å². The van der Waals surface area contributed by atoms with Gasteiger partial charge in [0.15, 0.2) is 18.3 Å². The van der Waals surface area contributed by atoms with Crippen LogP contribution in [-0.2, 0) is 43.9 Å². The first-order valence-electron chi connectivity index (χ1n) is 12.9. The second-order valence-electron chi connectivity index (χ2n) is 10.7. The highest BCUT2D eigenvalue weighted by molar-refractivity contribution is 8.08. The number of aliphatic hydroxyl groups is 5. The largest absolute Gasteiger partial charge is 0.481 e. The van der Waals surface area contributed by atoms with E-state index < -0.39 is 105 Å². The van der Waals surface area contributed by atoms with Crippen LogP contribution in [0.2, 0.25) is 0 Å². The van der Waals surface area contributed by atoms with Crippen molar-refractivity contribution in [2.45, 2.75) is 67.3 Å². The number of halogens is 1. The Morgan fingerprint density at radius 2 is 1.93 bits per heavy atom. The highest BCUT2D eigenvalue weighted by Gasteiger charge is 2.74. The van der Waals surface area contributed by atoms with Gasteiger partial charge in [0, 0.05) is 19.4 Å². The topological polar surface area (TPSA) is 269 Å². The van der Waals surface area contributed by atoms with E-state index in [9.17, 15) is 48.8 Å². The van der Waals surface area contributed by atoms with Crippen LogP contribution < -0.4 is 11.2 Å². The number of ether oxygens (including phenoxy) is 3. The van der Waals surface area contributed by atoms with E-state index in [4.69, 9.17) is 40.2 Å². The van der Waals surface area contributed by atoms with Crippen LogP contribution in [0.15, 0.2) is 21.9 Å². The molecule has 2 aliphatic heterocycles. The molecule has 0 bridgehead atoms. The fraction of sp³-hybridized carbons (Fsp3) is 0.810. The van der Waals surface area contributed by atoms with E-state index in [-0.39, 0.29) is 5.92 Å². The van der Waals surface area contributed by atoms with E-state index in [1.54, 1.807) is 0 Å². The quantitative estimate of drug-likeness (QED) is 0.104. The SMILES string of the molecule is CO[C@]1(C2CC2)[C@H](O)[C@@H](COP(O)(=S)OP(=O)(O)OC2OC3(O)C2C(O)C(O)C3[C@@H](F)CO)O[C@H]1n1ccc(=O)[nH]c1=O. The number of nitrogens with zero attached hydrogens (tertiary/aromatic N) is 1. The zero-order valence-electron chi connectivity index (χ0n) is 22.2. The van der Waals surface area contributed by atoms with E-state index in [1.807, 2.05) is 0 Å². The molecule has 0 spiro atoms. The average molecular weight is 680 g/mol. The number of aromatic amines is 1. The molecule has 13 atom stereocenters. The molecule has 0 aromatic carbocycles. The third-order valence-corrected chi connectivity index (χ3v) is 11.7. The van der Waals surface area contributed by atoms with Crippen molar-refractivity contribution in [1.82, 2.24) is 9.55 Å². The molecule has 1 aromatic heterocycles. The number of fused-ring (bicyclic) bond motifs is 1. The number of hydrogen-bond acceptors (Lipinski definition) is 15. The van der Waals surface area contributed by atoms with Gasteiger partial charge in [-0.25, -0.2) is 18.1 Å². The molecule has 4 aliphatic rings. The molecule has 43 heavy (non-hydrogen) atoms. The first-order valence-corrected chi connectivity index (χ1v) is 17.0. The third-order valence-electron chi connectivity index (χ3n) is 8.23. The lowest BCUT2D eigenvalue weighted by Crippen LogP contribution is -2.64. The van der Waals surface area contributed by atoms with Gasteiger partial charge in [0.1, 0.15) is 24.0 Å². The number of aromatic nitrogens is 2.